The van der Waals surface area contributed by atoms with E-state index in [-0.39, 0.29) is 23.5 Å². The van der Waals surface area contributed by atoms with Gasteiger partial charge in [-0.25, -0.2) is 0 Å². The van der Waals surface area contributed by atoms with E-state index in [0.29, 0.717) is 13.1 Å². The number of carbonyl (C=O) groups excluding carboxylic acids is 1. The van der Waals surface area contributed by atoms with Gasteiger partial charge in [0.15, 0.2) is 0 Å². The smallest absolute Gasteiger partial charge is 0.228 e. The van der Waals surface area contributed by atoms with Crippen LogP contribution in [0.3, 0.4) is 0 Å². The Morgan fingerprint density at radius 3 is 1.80 bits per heavy atom. The molecule has 1 saturated heterocycles. The summed E-state index contributed by atoms with van der Waals surface area (Å²) >= 11 is 0. The molecule has 4 nitrogen and oxygen atoms in total. The molecule has 1 aliphatic rings. The minimum Gasteiger partial charge on any atom is -0.377 e. The Morgan fingerprint density at radius 2 is 1.53 bits per heavy atom. The average Bonchev–Trinajstić information content (AvgIpc) is 2.57. The zero-order valence-corrected chi connectivity index (χ0v) is 10.2. The number of nitrogens with zero attached hydrogens (tertiary/aromatic N) is 1. The molecule has 0 unspecified atom stereocenters. The van der Waals surface area contributed by atoms with Crippen LogP contribution in [0.25, 0.3) is 0 Å². The number of likely N-dealkylation sites (tertiary alicyclic amines) is 1. The summed E-state index contributed by atoms with van der Waals surface area (Å²) in [5.74, 6) is 0.157. The van der Waals surface area contributed by atoms with Crippen LogP contribution in [0.4, 0.5) is 0 Å². The van der Waals surface area contributed by atoms with E-state index in [9.17, 15) is 4.79 Å². The van der Waals surface area contributed by atoms with Crippen molar-refractivity contribution in [1.29, 1.82) is 0 Å². The summed E-state index contributed by atoms with van der Waals surface area (Å²) in [5.41, 5.74) is -0.332. The molecule has 0 bridgehead atoms. The fourth-order valence-corrected chi connectivity index (χ4v) is 1.84. The Hall–Kier alpha value is -0.610. The van der Waals surface area contributed by atoms with E-state index in [1.807, 2.05) is 25.7 Å². The summed E-state index contributed by atoms with van der Waals surface area (Å²) in [6.07, 6.45) is 0.00241. The number of hydrogen-bond donors (Lipinski definition) is 0. The van der Waals surface area contributed by atoms with Gasteiger partial charge in [-0.1, -0.05) is 20.8 Å². The fraction of sp³-hybridized carbons (Fsp3) is 0.909. The zero-order chi connectivity index (χ0) is 11.6. The van der Waals surface area contributed by atoms with Gasteiger partial charge >= 0.3 is 0 Å². The number of methoxy groups -OCH3 is 2. The number of ether oxygens (including phenoxy) is 2. The van der Waals surface area contributed by atoms with Crippen molar-refractivity contribution in [2.45, 2.75) is 33.0 Å². The molecule has 1 amide bonds. The quantitative estimate of drug-likeness (QED) is 0.687. The first-order chi connectivity index (χ1) is 6.90. The highest BCUT2D eigenvalue weighted by atomic mass is 16.5. The molecule has 1 rings (SSSR count). The van der Waals surface area contributed by atoms with Gasteiger partial charge in [0.1, 0.15) is 12.2 Å². The molecular weight excluding hydrogens is 194 g/mol. The third-order valence-electron chi connectivity index (χ3n) is 2.75. The van der Waals surface area contributed by atoms with E-state index in [4.69, 9.17) is 9.47 Å². The molecule has 0 aromatic carbocycles. The first kappa shape index (κ1) is 12.5. The third-order valence-corrected chi connectivity index (χ3v) is 2.75. The van der Waals surface area contributed by atoms with Crippen LogP contribution in [0, 0.1) is 5.41 Å². The lowest BCUT2D eigenvalue weighted by atomic mass is 9.95. The standard InChI is InChI=1S/C11H21NO3/c1-11(2,3)10(13)12-6-8(14-4)9(7-12)15-5/h8-9H,6-7H2,1-5H3/t8-,9-/m0/s1. The maximum absolute atomic E-state index is 12.0. The molecule has 1 heterocycles. The molecule has 1 aliphatic heterocycles. The van der Waals surface area contributed by atoms with Gasteiger partial charge in [-0.05, 0) is 0 Å². The molecule has 0 saturated carbocycles. The second-order valence-corrected chi connectivity index (χ2v) is 5.01. The number of rotatable bonds is 2. The largest absolute Gasteiger partial charge is 0.377 e. The van der Waals surface area contributed by atoms with E-state index in [2.05, 4.69) is 0 Å². The average molecular weight is 215 g/mol. The maximum atomic E-state index is 12.0. The van der Waals surface area contributed by atoms with Crippen LogP contribution >= 0.6 is 0 Å². The van der Waals surface area contributed by atoms with Crippen LogP contribution in [-0.4, -0.2) is 50.3 Å². The van der Waals surface area contributed by atoms with Crippen LogP contribution < -0.4 is 0 Å². The Labute approximate surface area is 91.5 Å². The summed E-state index contributed by atoms with van der Waals surface area (Å²) in [6.45, 7) is 7.04. The van der Waals surface area contributed by atoms with Crippen LogP contribution in [0.5, 0.6) is 0 Å². The van der Waals surface area contributed by atoms with E-state index >= 15 is 0 Å². The molecule has 2 atom stereocenters. The highest BCUT2D eigenvalue weighted by Gasteiger charge is 2.38. The summed E-state index contributed by atoms with van der Waals surface area (Å²) in [4.78, 5) is 13.8. The predicted molar refractivity (Wildman–Crippen MR) is 57.6 cm³/mol. The number of amides is 1. The summed E-state index contributed by atoms with van der Waals surface area (Å²) in [6, 6.07) is 0. The lowest BCUT2D eigenvalue weighted by Crippen LogP contribution is -2.38. The van der Waals surface area contributed by atoms with E-state index in [1.165, 1.54) is 0 Å². The third kappa shape index (κ3) is 2.69. The van der Waals surface area contributed by atoms with Crippen molar-refractivity contribution in [1.82, 2.24) is 4.90 Å². The van der Waals surface area contributed by atoms with Crippen molar-refractivity contribution in [3.05, 3.63) is 0 Å². The maximum Gasteiger partial charge on any atom is 0.228 e. The van der Waals surface area contributed by atoms with Gasteiger partial charge in [0.25, 0.3) is 0 Å². The van der Waals surface area contributed by atoms with E-state index in [0.717, 1.165) is 0 Å². The Kier molecular flexibility index (Phi) is 3.73. The molecule has 0 spiro atoms. The Balaban J connectivity index is 2.65. The summed E-state index contributed by atoms with van der Waals surface area (Å²) in [5, 5.41) is 0. The monoisotopic (exact) mass is 215 g/mol. The van der Waals surface area contributed by atoms with Gasteiger partial charge in [0, 0.05) is 32.7 Å². The number of carbonyl (C=O) groups is 1. The van der Waals surface area contributed by atoms with Crippen molar-refractivity contribution < 1.29 is 14.3 Å². The highest BCUT2D eigenvalue weighted by Crippen LogP contribution is 2.23. The fourth-order valence-electron chi connectivity index (χ4n) is 1.84. The first-order valence-electron chi connectivity index (χ1n) is 5.25. The zero-order valence-electron chi connectivity index (χ0n) is 10.2. The molecule has 1 fully saturated rings. The van der Waals surface area contributed by atoms with Crippen molar-refractivity contribution in [2.75, 3.05) is 27.3 Å². The summed E-state index contributed by atoms with van der Waals surface area (Å²) in [7, 11) is 3.31. The Bertz CT molecular complexity index is 222. The highest BCUT2D eigenvalue weighted by molar-refractivity contribution is 5.81. The van der Waals surface area contributed by atoms with E-state index in [1.54, 1.807) is 14.2 Å². The molecule has 0 radical (unpaired) electrons. The molecule has 88 valence electrons. The topological polar surface area (TPSA) is 38.8 Å². The van der Waals surface area contributed by atoms with Crippen LogP contribution in [0.1, 0.15) is 20.8 Å². The van der Waals surface area contributed by atoms with Crippen molar-refractivity contribution >= 4 is 5.91 Å². The molecule has 15 heavy (non-hydrogen) atoms. The van der Waals surface area contributed by atoms with Crippen molar-refractivity contribution in [2.24, 2.45) is 5.41 Å². The molecule has 4 heteroatoms. The van der Waals surface area contributed by atoms with Crippen molar-refractivity contribution in [3.8, 4) is 0 Å². The van der Waals surface area contributed by atoms with Gasteiger partial charge < -0.3 is 14.4 Å². The molecule has 0 aromatic rings. The minimum absolute atomic E-state index is 0.00120. The van der Waals surface area contributed by atoms with Gasteiger partial charge in [-0.15, -0.1) is 0 Å². The molecule has 0 aliphatic carbocycles. The lowest BCUT2D eigenvalue weighted by molar-refractivity contribution is -0.138. The molecule has 0 N–H and O–H groups in total. The second-order valence-electron chi connectivity index (χ2n) is 5.01. The Morgan fingerprint density at radius 1 is 1.13 bits per heavy atom. The van der Waals surface area contributed by atoms with Gasteiger partial charge in [-0.3, -0.25) is 4.79 Å². The van der Waals surface area contributed by atoms with Crippen LogP contribution in [-0.2, 0) is 14.3 Å². The SMILES string of the molecule is CO[C@H]1CN(C(=O)C(C)(C)C)C[C@@H]1OC. The summed E-state index contributed by atoms with van der Waals surface area (Å²) < 4.78 is 10.6. The van der Waals surface area contributed by atoms with Gasteiger partial charge in [0.05, 0.1) is 0 Å². The second kappa shape index (κ2) is 4.49. The van der Waals surface area contributed by atoms with Gasteiger partial charge in [-0.2, -0.15) is 0 Å². The normalized spacial score (nSPS) is 27.1. The van der Waals surface area contributed by atoms with E-state index < -0.39 is 0 Å². The van der Waals surface area contributed by atoms with Crippen LogP contribution in [0.15, 0.2) is 0 Å². The van der Waals surface area contributed by atoms with Crippen LogP contribution in [0.2, 0.25) is 0 Å². The molecule has 0 aromatic heterocycles. The lowest BCUT2D eigenvalue weighted by Gasteiger charge is -2.25. The van der Waals surface area contributed by atoms with Crippen molar-refractivity contribution in [3.63, 3.8) is 0 Å². The van der Waals surface area contributed by atoms with Gasteiger partial charge in [0.2, 0.25) is 5.91 Å². The molecular formula is C11H21NO3. The minimum atomic E-state index is -0.332. The predicted octanol–water partition coefficient (Wildman–Crippen LogP) is 0.905. The first-order valence-corrected chi connectivity index (χ1v) is 5.25. The number of hydrogen-bond acceptors (Lipinski definition) is 3.